The van der Waals surface area contributed by atoms with E-state index >= 15 is 0 Å². The molecular formula is C12H19N. The van der Waals surface area contributed by atoms with Crippen LogP contribution in [0.3, 0.4) is 0 Å². The van der Waals surface area contributed by atoms with Crippen LogP contribution in [-0.2, 0) is 0 Å². The van der Waals surface area contributed by atoms with Crippen molar-refractivity contribution in [1.29, 1.82) is 0 Å². The second kappa shape index (κ2) is 4.37. The van der Waals surface area contributed by atoms with Crippen molar-refractivity contribution < 1.29 is 0 Å². The first-order valence-electron chi connectivity index (χ1n) is 4.98. The fourth-order valence-corrected chi connectivity index (χ4v) is 1.27. The molecule has 1 rings (SSSR count). The van der Waals surface area contributed by atoms with Gasteiger partial charge < -0.3 is 5.32 Å². The average Bonchev–Trinajstić information content (AvgIpc) is 2.04. The van der Waals surface area contributed by atoms with E-state index in [4.69, 9.17) is 0 Å². The SMILES string of the molecule is CC(C)(C)C#CCC1C=CNCC1. The van der Waals surface area contributed by atoms with E-state index in [0.29, 0.717) is 5.92 Å². The number of nitrogens with one attached hydrogen (secondary N) is 1. The molecule has 0 aromatic heterocycles. The average molecular weight is 177 g/mol. The van der Waals surface area contributed by atoms with E-state index in [1.807, 2.05) is 6.20 Å². The molecule has 0 amide bonds. The minimum Gasteiger partial charge on any atom is -0.391 e. The second-order valence-electron chi connectivity index (χ2n) is 4.62. The van der Waals surface area contributed by atoms with Crippen LogP contribution in [0.1, 0.15) is 33.6 Å². The summed E-state index contributed by atoms with van der Waals surface area (Å²) in [6, 6.07) is 0. The fourth-order valence-electron chi connectivity index (χ4n) is 1.27. The smallest absolute Gasteiger partial charge is 0.0230 e. The molecule has 13 heavy (non-hydrogen) atoms. The quantitative estimate of drug-likeness (QED) is 0.607. The van der Waals surface area contributed by atoms with Gasteiger partial charge in [0.15, 0.2) is 0 Å². The molecule has 0 spiro atoms. The Hall–Kier alpha value is -0.900. The molecular weight excluding hydrogens is 158 g/mol. The van der Waals surface area contributed by atoms with E-state index in [1.54, 1.807) is 0 Å². The fraction of sp³-hybridized carbons (Fsp3) is 0.667. The molecule has 0 fully saturated rings. The Morgan fingerprint density at radius 2 is 2.23 bits per heavy atom. The number of rotatable bonds is 1. The predicted molar refractivity (Wildman–Crippen MR) is 57.1 cm³/mol. The minimum absolute atomic E-state index is 0.149. The van der Waals surface area contributed by atoms with Crippen molar-refractivity contribution in [3.05, 3.63) is 12.3 Å². The van der Waals surface area contributed by atoms with Crippen molar-refractivity contribution in [2.45, 2.75) is 33.6 Å². The lowest BCUT2D eigenvalue weighted by atomic mass is 9.95. The summed E-state index contributed by atoms with van der Waals surface area (Å²) < 4.78 is 0. The van der Waals surface area contributed by atoms with Crippen molar-refractivity contribution in [3.63, 3.8) is 0 Å². The lowest BCUT2D eigenvalue weighted by Gasteiger charge is -2.14. The summed E-state index contributed by atoms with van der Waals surface area (Å²) in [6.07, 6.45) is 6.50. The van der Waals surface area contributed by atoms with Gasteiger partial charge in [-0.3, -0.25) is 0 Å². The van der Waals surface area contributed by atoms with Gasteiger partial charge in [0.2, 0.25) is 0 Å². The maximum Gasteiger partial charge on any atom is 0.0230 e. The Kier molecular flexibility index (Phi) is 3.42. The molecule has 72 valence electrons. The van der Waals surface area contributed by atoms with Crippen LogP contribution in [0.2, 0.25) is 0 Å². The summed E-state index contributed by atoms with van der Waals surface area (Å²) in [4.78, 5) is 0. The van der Waals surface area contributed by atoms with E-state index < -0.39 is 0 Å². The first-order chi connectivity index (χ1) is 6.08. The van der Waals surface area contributed by atoms with Crippen LogP contribution in [0.15, 0.2) is 12.3 Å². The molecule has 1 atom stereocenters. The van der Waals surface area contributed by atoms with Gasteiger partial charge in [0, 0.05) is 18.4 Å². The van der Waals surface area contributed by atoms with Gasteiger partial charge in [-0.25, -0.2) is 0 Å². The normalized spacial score (nSPS) is 21.6. The van der Waals surface area contributed by atoms with Crippen LogP contribution >= 0.6 is 0 Å². The zero-order valence-electron chi connectivity index (χ0n) is 8.85. The van der Waals surface area contributed by atoms with E-state index in [-0.39, 0.29) is 5.41 Å². The summed E-state index contributed by atoms with van der Waals surface area (Å²) >= 11 is 0. The molecule has 0 bridgehead atoms. The van der Waals surface area contributed by atoms with Crippen LogP contribution in [0, 0.1) is 23.2 Å². The molecule has 1 heteroatoms. The Morgan fingerprint density at radius 1 is 1.46 bits per heavy atom. The lowest BCUT2D eigenvalue weighted by Crippen LogP contribution is -2.16. The highest BCUT2D eigenvalue weighted by Crippen LogP contribution is 2.14. The Morgan fingerprint density at radius 3 is 2.77 bits per heavy atom. The second-order valence-corrected chi connectivity index (χ2v) is 4.62. The molecule has 1 nitrogen and oxygen atoms in total. The molecule has 1 N–H and O–H groups in total. The molecule has 0 aromatic rings. The van der Waals surface area contributed by atoms with Crippen LogP contribution < -0.4 is 5.32 Å². The molecule has 0 aliphatic carbocycles. The van der Waals surface area contributed by atoms with Crippen molar-refractivity contribution in [2.75, 3.05) is 6.54 Å². The zero-order chi connectivity index (χ0) is 9.73. The van der Waals surface area contributed by atoms with Crippen LogP contribution in [-0.4, -0.2) is 6.54 Å². The summed E-state index contributed by atoms with van der Waals surface area (Å²) in [5.41, 5.74) is 0.149. The van der Waals surface area contributed by atoms with Gasteiger partial charge in [0.05, 0.1) is 0 Å². The van der Waals surface area contributed by atoms with Crippen LogP contribution in [0.5, 0.6) is 0 Å². The van der Waals surface area contributed by atoms with Gasteiger partial charge in [-0.15, -0.1) is 5.92 Å². The Bertz CT molecular complexity index is 234. The van der Waals surface area contributed by atoms with E-state index in [1.165, 1.54) is 6.42 Å². The third-order valence-corrected chi connectivity index (χ3v) is 1.97. The molecule has 1 aliphatic rings. The van der Waals surface area contributed by atoms with Gasteiger partial charge in [-0.1, -0.05) is 12.0 Å². The first-order valence-corrected chi connectivity index (χ1v) is 4.98. The zero-order valence-corrected chi connectivity index (χ0v) is 8.85. The van der Waals surface area contributed by atoms with E-state index in [2.05, 4.69) is 44.0 Å². The molecule has 1 heterocycles. The van der Waals surface area contributed by atoms with Crippen molar-refractivity contribution >= 4 is 0 Å². The standard InChI is InChI=1S/C12H19N/c1-12(2,3)8-4-5-11-6-9-13-10-7-11/h6,9,11,13H,5,7,10H2,1-3H3. The van der Waals surface area contributed by atoms with Crippen LogP contribution in [0.25, 0.3) is 0 Å². The van der Waals surface area contributed by atoms with Crippen molar-refractivity contribution in [3.8, 4) is 11.8 Å². The van der Waals surface area contributed by atoms with Crippen LogP contribution in [0.4, 0.5) is 0 Å². The molecule has 0 radical (unpaired) electrons. The number of hydrogen-bond acceptors (Lipinski definition) is 1. The first kappa shape index (κ1) is 10.2. The summed E-state index contributed by atoms with van der Waals surface area (Å²) in [5, 5.41) is 3.19. The summed E-state index contributed by atoms with van der Waals surface area (Å²) in [7, 11) is 0. The number of allylic oxidation sites excluding steroid dienone is 1. The highest BCUT2D eigenvalue weighted by Gasteiger charge is 2.07. The lowest BCUT2D eigenvalue weighted by molar-refractivity contribution is 0.551. The topological polar surface area (TPSA) is 12.0 Å². The Balaban J connectivity index is 2.35. The summed E-state index contributed by atoms with van der Waals surface area (Å²) in [6.45, 7) is 7.55. The maximum atomic E-state index is 3.27. The molecule has 1 aliphatic heterocycles. The monoisotopic (exact) mass is 177 g/mol. The van der Waals surface area contributed by atoms with Gasteiger partial charge in [-0.2, -0.15) is 0 Å². The van der Waals surface area contributed by atoms with Gasteiger partial charge in [-0.05, 0) is 39.3 Å². The third-order valence-electron chi connectivity index (χ3n) is 1.97. The Labute approximate surface area is 81.6 Å². The molecule has 0 saturated heterocycles. The third kappa shape index (κ3) is 4.62. The van der Waals surface area contributed by atoms with Gasteiger partial charge in [0.25, 0.3) is 0 Å². The molecule has 1 unspecified atom stereocenters. The maximum absolute atomic E-state index is 3.27. The van der Waals surface area contributed by atoms with E-state index in [9.17, 15) is 0 Å². The number of hydrogen-bond donors (Lipinski definition) is 1. The summed E-state index contributed by atoms with van der Waals surface area (Å²) in [5.74, 6) is 7.19. The van der Waals surface area contributed by atoms with E-state index in [0.717, 1.165) is 13.0 Å². The van der Waals surface area contributed by atoms with Gasteiger partial charge >= 0.3 is 0 Å². The molecule has 0 saturated carbocycles. The molecule has 0 aromatic carbocycles. The van der Waals surface area contributed by atoms with Crippen molar-refractivity contribution in [2.24, 2.45) is 11.3 Å². The highest BCUT2D eigenvalue weighted by atomic mass is 14.8. The minimum atomic E-state index is 0.149. The highest BCUT2D eigenvalue weighted by molar-refractivity contribution is 5.09. The van der Waals surface area contributed by atoms with Gasteiger partial charge in [0.1, 0.15) is 0 Å². The largest absolute Gasteiger partial charge is 0.391 e. The predicted octanol–water partition coefficient (Wildman–Crippen LogP) is 2.55. The van der Waals surface area contributed by atoms with Crippen molar-refractivity contribution in [1.82, 2.24) is 5.32 Å².